The Morgan fingerprint density at radius 2 is 1.79 bits per heavy atom. The molecular formula is C14H27NO4. The van der Waals surface area contributed by atoms with Gasteiger partial charge in [0.2, 0.25) is 0 Å². The molecule has 1 unspecified atom stereocenters. The van der Waals surface area contributed by atoms with E-state index < -0.39 is 12.1 Å². The fourth-order valence-corrected chi connectivity index (χ4v) is 1.62. The molecule has 112 valence electrons. The summed E-state index contributed by atoms with van der Waals surface area (Å²) in [6.45, 7) is 8.62. The molecule has 0 aromatic carbocycles. The van der Waals surface area contributed by atoms with E-state index in [-0.39, 0.29) is 12.6 Å². The Hall–Kier alpha value is -1.26. The number of esters is 1. The van der Waals surface area contributed by atoms with Gasteiger partial charge >= 0.3 is 12.1 Å². The van der Waals surface area contributed by atoms with Crippen LogP contribution in [0.2, 0.25) is 0 Å². The van der Waals surface area contributed by atoms with E-state index in [9.17, 15) is 9.59 Å². The van der Waals surface area contributed by atoms with Crippen molar-refractivity contribution >= 4 is 12.1 Å². The first-order chi connectivity index (χ1) is 9.01. The molecule has 0 aliphatic rings. The predicted molar refractivity (Wildman–Crippen MR) is 73.9 cm³/mol. The average molecular weight is 273 g/mol. The highest BCUT2D eigenvalue weighted by Gasteiger charge is 2.21. The van der Waals surface area contributed by atoms with Gasteiger partial charge in [-0.1, -0.05) is 27.2 Å². The molecule has 0 bridgehead atoms. The summed E-state index contributed by atoms with van der Waals surface area (Å²) in [6.07, 6.45) is 2.65. The summed E-state index contributed by atoms with van der Waals surface area (Å²) in [7, 11) is 0. The molecule has 0 saturated carbocycles. The maximum Gasteiger partial charge on any atom is 0.407 e. The Bertz CT molecular complexity index is 266. The zero-order valence-electron chi connectivity index (χ0n) is 12.5. The third kappa shape index (κ3) is 9.33. The van der Waals surface area contributed by atoms with Gasteiger partial charge in [-0.2, -0.15) is 0 Å². The largest absolute Gasteiger partial charge is 0.464 e. The molecule has 0 fully saturated rings. The molecule has 1 N–H and O–H groups in total. The van der Waals surface area contributed by atoms with Gasteiger partial charge in [0.15, 0.2) is 0 Å². The highest BCUT2D eigenvalue weighted by molar-refractivity contribution is 5.81. The third-order valence-electron chi connectivity index (χ3n) is 2.60. The van der Waals surface area contributed by atoms with Gasteiger partial charge < -0.3 is 14.8 Å². The number of hydrogen-bond acceptors (Lipinski definition) is 4. The van der Waals surface area contributed by atoms with Crippen LogP contribution in [-0.2, 0) is 14.3 Å². The summed E-state index contributed by atoms with van der Waals surface area (Å²) < 4.78 is 9.95. The smallest absolute Gasteiger partial charge is 0.407 e. The van der Waals surface area contributed by atoms with Crippen molar-refractivity contribution < 1.29 is 19.1 Å². The van der Waals surface area contributed by atoms with Crippen LogP contribution in [0.15, 0.2) is 0 Å². The van der Waals surface area contributed by atoms with E-state index in [0.717, 1.165) is 19.3 Å². The third-order valence-corrected chi connectivity index (χ3v) is 2.60. The molecule has 0 aromatic heterocycles. The molecule has 19 heavy (non-hydrogen) atoms. The predicted octanol–water partition coefficient (Wildman–Crippen LogP) is 2.88. The van der Waals surface area contributed by atoms with E-state index >= 15 is 0 Å². The van der Waals surface area contributed by atoms with Crippen molar-refractivity contribution in [2.24, 2.45) is 5.92 Å². The van der Waals surface area contributed by atoms with Crippen LogP contribution in [-0.4, -0.2) is 31.3 Å². The summed E-state index contributed by atoms with van der Waals surface area (Å²) in [5.74, 6) is 0.224. The zero-order chi connectivity index (χ0) is 14.7. The minimum atomic E-state index is -0.608. The van der Waals surface area contributed by atoms with Crippen molar-refractivity contribution in [3.63, 3.8) is 0 Å². The van der Waals surface area contributed by atoms with Gasteiger partial charge in [-0.3, -0.25) is 0 Å². The number of rotatable bonds is 9. The van der Waals surface area contributed by atoms with Crippen molar-refractivity contribution in [3.8, 4) is 0 Å². The van der Waals surface area contributed by atoms with E-state index in [0.29, 0.717) is 18.9 Å². The lowest BCUT2D eigenvalue weighted by Crippen LogP contribution is -2.42. The number of nitrogens with one attached hydrogen (secondary N) is 1. The van der Waals surface area contributed by atoms with Crippen LogP contribution in [0.1, 0.15) is 53.4 Å². The van der Waals surface area contributed by atoms with Gasteiger partial charge in [0.25, 0.3) is 0 Å². The van der Waals surface area contributed by atoms with Crippen LogP contribution < -0.4 is 5.32 Å². The fourth-order valence-electron chi connectivity index (χ4n) is 1.62. The number of amides is 1. The summed E-state index contributed by atoms with van der Waals surface area (Å²) in [5.41, 5.74) is 0. The van der Waals surface area contributed by atoms with E-state index in [1.807, 2.05) is 6.92 Å². The van der Waals surface area contributed by atoms with Gasteiger partial charge in [-0.15, -0.1) is 0 Å². The second kappa shape index (κ2) is 10.6. The lowest BCUT2D eigenvalue weighted by atomic mass is 10.1. The normalized spacial score (nSPS) is 12.1. The molecule has 0 radical (unpaired) electrons. The highest BCUT2D eigenvalue weighted by Crippen LogP contribution is 2.05. The van der Waals surface area contributed by atoms with Crippen LogP contribution in [0.4, 0.5) is 4.79 Å². The Balaban J connectivity index is 4.06. The van der Waals surface area contributed by atoms with Crippen LogP contribution in [0.25, 0.3) is 0 Å². The maximum atomic E-state index is 11.8. The molecule has 1 amide bonds. The molecule has 0 aromatic rings. The molecule has 5 heteroatoms. The van der Waals surface area contributed by atoms with Crippen LogP contribution in [0.5, 0.6) is 0 Å². The quantitative estimate of drug-likeness (QED) is 0.518. The molecule has 5 nitrogen and oxygen atoms in total. The number of ether oxygens (including phenoxy) is 2. The van der Waals surface area contributed by atoms with Crippen LogP contribution >= 0.6 is 0 Å². The van der Waals surface area contributed by atoms with Crippen LogP contribution in [0.3, 0.4) is 0 Å². The maximum absolute atomic E-state index is 11.8. The summed E-state index contributed by atoms with van der Waals surface area (Å²) in [4.78, 5) is 23.1. The molecule has 0 aliphatic carbocycles. The lowest BCUT2D eigenvalue weighted by molar-refractivity contribution is -0.146. The van der Waals surface area contributed by atoms with E-state index in [4.69, 9.17) is 9.47 Å². The lowest BCUT2D eigenvalue weighted by Gasteiger charge is -2.16. The topological polar surface area (TPSA) is 64.6 Å². The van der Waals surface area contributed by atoms with Gasteiger partial charge in [-0.25, -0.2) is 9.59 Å². The van der Waals surface area contributed by atoms with Crippen molar-refractivity contribution in [2.75, 3.05) is 13.2 Å². The van der Waals surface area contributed by atoms with E-state index in [1.54, 1.807) is 6.92 Å². The molecule has 1 atom stereocenters. The Morgan fingerprint density at radius 1 is 1.11 bits per heavy atom. The minimum absolute atomic E-state index is 0.286. The number of hydrogen-bond donors (Lipinski definition) is 1. The second-order valence-corrected chi connectivity index (χ2v) is 4.91. The van der Waals surface area contributed by atoms with Crippen molar-refractivity contribution in [1.82, 2.24) is 5.32 Å². The molecule has 0 heterocycles. The Labute approximate surface area is 116 Å². The molecule has 0 saturated heterocycles. The van der Waals surface area contributed by atoms with Gasteiger partial charge in [0.05, 0.1) is 13.2 Å². The molecule has 0 rings (SSSR count). The molecular weight excluding hydrogens is 246 g/mol. The number of alkyl carbamates (subject to hydrolysis) is 1. The second-order valence-electron chi connectivity index (χ2n) is 4.91. The fraction of sp³-hybridized carbons (Fsp3) is 0.857. The summed E-state index contributed by atoms with van der Waals surface area (Å²) in [5, 5.41) is 2.53. The van der Waals surface area contributed by atoms with E-state index in [1.165, 1.54) is 0 Å². The van der Waals surface area contributed by atoms with Crippen molar-refractivity contribution in [3.05, 3.63) is 0 Å². The Morgan fingerprint density at radius 3 is 2.32 bits per heavy atom. The van der Waals surface area contributed by atoms with Crippen molar-refractivity contribution in [1.29, 1.82) is 0 Å². The average Bonchev–Trinajstić information content (AvgIpc) is 2.34. The molecule has 0 aliphatic heterocycles. The van der Waals surface area contributed by atoms with Gasteiger partial charge in [0, 0.05) is 0 Å². The highest BCUT2D eigenvalue weighted by atomic mass is 16.6. The molecule has 0 spiro atoms. The first kappa shape index (κ1) is 17.7. The van der Waals surface area contributed by atoms with Gasteiger partial charge in [-0.05, 0) is 32.1 Å². The number of carbonyl (C=O) groups is 2. The monoisotopic (exact) mass is 273 g/mol. The first-order valence-electron chi connectivity index (χ1n) is 7.11. The first-order valence-corrected chi connectivity index (χ1v) is 7.11. The van der Waals surface area contributed by atoms with E-state index in [2.05, 4.69) is 19.2 Å². The summed E-state index contributed by atoms with van der Waals surface area (Å²) in [6, 6.07) is -0.608. The zero-order valence-corrected chi connectivity index (χ0v) is 12.5. The SMILES string of the molecule is CCCC(NC(=O)OCC)C(=O)OCCCC(C)C. The van der Waals surface area contributed by atoms with Crippen molar-refractivity contribution in [2.45, 2.75) is 59.4 Å². The van der Waals surface area contributed by atoms with Gasteiger partial charge in [0.1, 0.15) is 6.04 Å². The van der Waals surface area contributed by atoms with Crippen LogP contribution in [0, 0.1) is 5.92 Å². The number of carbonyl (C=O) groups excluding carboxylic acids is 2. The Kier molecular flexibility index (Phi) is 9.94. The standard InChI is InChI=1S/C14H27NO4/c1-5-8-12(15-14(17)18-6-2)13(16)19-10-7-9-11(3)4/h11-12H,5-10H2,1-4H3,(H,15,17). The minimum Gasteiger partial charge on any atom is -0.464 e. The summed E-state index contributed by atoms with van der Waals surface area (Å²) >= 11 is 0.